The van der Waals surface area contributed by atoms with Crippen LogP contribution in [0.1, 0.15) is 109 Å². The zero-order chi connectivity index (χ0) is 89.6. The van der Waals surface area contributed by atoms with Crippen LogP contribution in [-0.4, -0.2) is 295 Å². The van der Waals surface area contributed by atoms with Crippen LogP contribution in [0.3, 0.4) is 0 Å². The van der Waals surface area contributed by atoms with Crippen LogP contribution in [0.5, 0.6) is 34.5 Å². The Morgan fingerprint density at radius 1 is 0.540 bits per heavy atom. The highest BCUT2D eigenvalue weighted by molar-refractivity contribution is 6.08. The van der Waals surface area contributed by atoms with Crippen LogP contribution in [-0.2, 0) is 93.1 Å². The van der Waals surface area contributed by atoms with Gasteiger partial charge in [-0.15, -0.1) is 0 Å². The van der Waals surface area contributed by atoms with E-state index in [0.717, 1.165) is 9.80 Å². The summed E-state index contributed by atoms with van der Waals surface area (Å²) in [6.07, 6.45) is -18.2. The number of aryl methyl sites for hydroxylation is 1. The van der Waals surface area contributed by atoms with Crippen molar-refractivity contribution in [2.24, 2.45) is 5.90 Å². The number of carbonyl (C=O) groups excluding carboxylic acids is 8. The molecule has 42 nitrogen and oxygen atoms in total. The van der Waals surface area contributed by atoms with Crippen molar-refractivity contribution in [1.82, 2.24) is 15.1 Å². The van der Waals surface area contributed by atoms with Gasteiger partial charge >= 0.3 is 30.3 Å². The maximum atomic E-state index is 14.9. The second-order valence-electron chi connectivity index (χ2n) is 29.1. The lowest BCUT2D eigenvalue weighted by Gasteiger charge is -2.38. The van der Waals surface area contributed by atoms with Crippen molar-refractivity contribution < 1.29 is 175 Å². The normalized spacial score (nSPS) is 22.5. The Hall–Kier alpha value is -11.4. The number of fused-ring (bicyclic) bond motifs is 4. The van der Waals surface area contributed by atoms with Crippen molar-refractivity contribution in [1.29, 1.82) is 0 Å². The van der Waals surface area contributed by atoms with Crippen LogP contribution in [0.2, 0.25) is 0 Å². The third kappa shape index (κ3) is 23.8. The Bertz CT molecular complexity index is 4710. The number of methoxy groups -OCH3 is 2. The Labute approximate surface area is 707 Å². The number of aliphatic hydroxyl groups excluding tert-OH is 8. The van der Waals surface area contributed by atoms with Gasteiger partial charge in [0.05, 0.1) is 112 Å². The minimum atomic E-state index is -2.06. The van der Waals surface area contributed by atoms with Gasteiger partial charge in [0.1, 0.15) is 99.3 Å². The molecule has 42 heteroatoms. The number of amides is 5. The highest BCUT2D eigenvalue weighted by atomic mass is 16.7. The lowest BCUT2D eigenvalue weighted by atomic mass is 9.99. The number of aliphatic hydroxyl groups is 8. The summed E-state index contributed by atoms with van der Waals surface area (Å²) in [5, 5.41) is 109. The van der Waals surface area contributed by atoms with Gasteiger partial charge in [0.2, 0.25) is 12.6 Å². The van der Waals surface area contributed by atoms with Gasteiger partial charge in [-0.3, -0.25) is 19.2 Å². The van der Waals surface area contributed by atoms with E-state index in [2.05, 4.69) is 10.2 Å². The molecule has 0 aliphatic carbocycles. The molecule has 0 saturated carbocycles. The predicted molar refractivity (Wildman–Crippen MR) is 419 cm³/mol. The molecular formula is C82H98N6O36. The van der Waals surface area contributed by atoms with E-state index < -0.39 is 147 Å². The maximum Gasteiger partial charge on any atom is 0.416 e. The summed E-state index contributed by atoms with van der Waals surface area (Å²) < 4.78 is 86.4. The summed E-state index contributed by atoms with van der Waals surface area (Å²) in [5.74, 6) is -0.185. The summed E-state index contributed by atoms with van der Waals surface area (Å²) in [6.45, 7) is 3.38. The van der Waals surface area contributed by atoms with E-state index in [4.69, 9.17) is 91.6 Å². The first-order chi connectivity index (χ1) is 59.5. The van der Waals surface area contributed by atoms with E-state index in [1.165, 1.54) is 84.7 Å². The quantitative estimate of drug-likeness (QED) is 0.0151. The number of aliphatic carboxylic acids is 2. The molecule has 6 heterocycles. The summed E-state index contributed by atoms with van der Waals surface area (Å²) in [5.41, 5.74) is 2.38. The summed E-state index contributed by atoms with van der Waals surface area (Å²) in [4.78, 5) is 135. The van der Waals surface area contributed by atoms with Crippen LogP contribution in [0.4, 0.5) is 21.0 Å². The van der Waals surface area contributed by atoms with Crippen molar-refractivity contribution in [3.8, 4) is 34.5 Å². The molecule has 5 aromatic rings. The molecule has 13 N–H and O–H groups in total. The molecule has 5 aromatic carbocycles. The molecule has 0 radical (unpaired) electrons. The Kier molecular flexibility index (Phi) is 34.3. The fourth-order valence-corrected chi connectivity index (χ4v) is 14.1. The lowest BCUT2D eigenvalue weighted by Crippen LogP contribution is -2.61. The maximum absolute atomic E-state index is 14.9. The molecule has 6 aliphatic heterocycles. The van der Waals surface area contributed by atoms with Crippen molar-refractivity contribution >= 4 is 65.2 Å². The standard InChI is InChI=1S/C81H98N6O34.CO2/c1-42-23-56-75(100)86(80(104)117-37-46-9-11-61(53(30-46)72(97)83-12-14-108-20-22-118-82)120-79-70(96)67(93)68(94)71(121-79)77(102)103)54-32-62(44(3)25-50(54)73(98)84(56)34-42)113-38-47-26-48(28-49(27-47)112-21-19-110-16-15-109-17-18-111-41-65(90)91)39-114-64-33-55-51(31-63(64)107-5)74(99)85-35-43(2)24-57(85)76(101)87(55)81(105)116-36-45-8-10-60(52(29-45)58(88)7-6-13-106-4)119-78-69(95)66(92)59(89)40-115-78;2-1-3/h8-11,25-35,56-57,59,66-71,75-76,78-79,89,92-96,100-101H,6-7,12-24,36-41,82H2,1-5H3,(H,83,97)(H,90,91)(H,102,103);/t56-,57-,59+,66-,67-,68-,69+,70+,71-,75?,76?,78-,79+;/m0./s1. The average molecular weight is 1740 g/mol. The van der Waals surface area contributed by atoms with E-state index in [0.29, 0.717) is 34.3 Å². The van der Waals surface area contributed by atoms with Gasteiger partial charge in [-0.05, 0) is 122 Å². The number of Topliss-reactive ketones (excluding diaryl/α,β-unsaturated/α-hetero) is 1. The summed E-state index contributed by atoms with van der Waals surface area (Å²) in [6, 6.07) is 16.6. The molecule has 0 aromatic heterocycles. The lowest BCUT2D eigenvalue weighted by molar-refractivity contribution is -0.271. The van der Waals surface area contributed by atoms with Crippen LogP contribution in [0, 0.1) is 6.92 Å². The zero-order valence-corrected chi connectivity index (χ0v) is 68.0. The van der Waals surface area contributed by atoms with Crippen molar-refractivity contribution in [3.63, 3.8) is 0 Å². The number of ether oxygens (including phenoxy) is 15. The molecule has 2 saturated heterocycles. The van der Waals surface area contributed by atoms with Gasteiger partial charge in [-0.25, -0.2) is 34.9 Å². The highest BCUT2D eigenvalue weighted by Crippen LogP contribution is 2.44. The van der Waals surface area contributed by atoms with Gasteiger partial charge in [0, 0.05) is 51.2 Å². The fourth-order valence-electron chi connectivity index (χ4n) is 14.1. The molecule has 0 bridgehead atoms. The smallest absolute Gasteiger partial charge is 0.416 e. The second kappa shape index (κ2) is 44.8. The number of anilines is 2. The first-order valence-corrected chi connectivity index (χ1v) is 39.0. The van der Waals surface area contributed by atoms with E-state index in [9.17, 15) is 84.3 Å². The minimum absolute atomic E-state index is 0.00751. The van der Waals surface area contributed by atoms with Crippen LogP contribution in [0.15, 0.2) is 102 Å². The number of carboxylic acids is 2. The largest absolute Gasteiger partial charge is 0.493 e. The zero-order valence-electron chi connectivity index (χ0n) is 68.0. The monoisotopic (exact) mass is 1740 g/mol. The Morgan fingerprint density at radius 2 is 1.06 bits per heavy atom. The van der Waals surface area contributed by atoms with Crippen LogP contribution >= 0.6 is 0 Å². The van der Waals surface area contributed by atoms with Gasteiger partial charge in [-0.1, -0.05) is 23.3 Å². The number of nitrogens with two attached hydrogens (primary N) is 1. The molecule has 2 unspecified atom stereocenters. The number of carboxylic acid groups (broad SMARTS) is 2. The first kappa shape index (κ1) is 94.9. The van der Waals surface area contributed by atoms with Crippen molar-refractivity contribution in [3.05, 3.63) is 152 Å². The van der Waals surface area contributed by atoms with Gasteiger partial charge in [0.25, 0.3) is 17.7 Å². The third-order valence-corrected chi connectivity index (χ3v) is 20.2. The number of nitrogens with one attached hydrogen (secondary N) is 1. The van der Waals surface area contributed by atoms with Gasteiger partial charge in [-0.2, -0.15) is 9.59 Å². The van der Waals surface area contributed by atoms with Gasteiger partial charge < -0.3 is 142 Å². The van der Waals surface area contributed by atoms with E-state index >= 15 is 0 Å². The SMILES string of the molecule is COCCCC(=O)c1cc(COC(=O)N2c3cc(OCc4cc(COc5cc6c(cc5C)C(=O)N5C=C(C)C[C@H]5C(O)N6C(=O)OCc5ccc(O[C@@H]6O[C@H](C(=O)O)[C@@H](O)[C@H](O)[C@H]6O)c(C(=O)NCCOCCON)c5)cc(OCCOCCOCCOCC(=O)O)c4)c(OC)cc3C(=O)N3C=C(C)C[C@H]3C2O)ccc1O[C@@H]1OC[C@@H](O)[C@H](O)[C@H]1O.O=C=O. The van der Waals surface area contributed by atoms with Crippen molar-refractivity contribution in [2.45, 2.75) is 153 Å². The highest BCUT2D eigenvalue weighted by Gasteiger charge is 2.50. The molecule has 0 spiro atoms. The van der Waals surface area contributed by atoms with Gasteiger partial charge in [0.15, 0.2) is 35.8 Å². The fraction of sp³-hybridized carbons (Fsp3) is 0.476. The molecule has 5 amide bonds. The second-order valence-corrected chi connectivity index (χ2v) is 29.1. The molecule has 13 atom stereocenters. The first-order valence-electron chi connectivity index (χ1n) is 39.0. The van der Waals surface area contributed by atoms with E-state index in [1.54, 1.807) is 51.4 Å². The Morgan fingerprint density at radius 3 is 1.64 bits per heavy atom. The number of hydrogen-bond donors (Lipinski definition) is 12. The number of carbonyl (C=O) groups is 8. The molecule has 2 fully saturated rings. The molecule has 6 aliphatic rings. The van der Waals surface area contributed by atoms with E-state index in [-0.39, 0.29) is 197 Å². The van der Waals surface area contributed by atoms with E-state index in [1.807, 2.05) is 0 Å². The number of rotatable bonds is 40. The molecule has 11 rings (SSSR count). The van der Waals surface area contributed by atoms with Crippen LogP contribution < -0.4 is 49.4 Å². The van der Waals surface area contributed by atoms with Crippen LogP contribution in [0.25, 0.3) is 0 Å². The average Bonchev–Trinajstić information content (AvgIpc) is 1.68. The number of hydrogen-bond acceptors (Lipinski definition) is 35. The predicted octanol–water partition coefficient (Wildman–Crippen LogP) is 1.61. The number of ketones is 1. The topological polar surface area (TPSA) is 572 Å². The Balaban J connectivity index is 0.00000528. The minimum Gasteiger partial charge on any atom is -0.493 e. The third-order valence-electron chi connectivity index (χ3n) is 20.2. The molecule has 672 valence electrons. The number of benzene rings is 5. The molecule has 124 heavy (non-hydrogen) atoms. The summed E-state index contributed by atoms with van der Waals surface area (Å²) >= 11 is 0. The number of nitrogens with zero attached hydrogens (tertiary/aromatic N) is 4. The summed E-state index contributed by atoms with van der Waals surface area (Å²) in [7, 11) is 2.80. The van der Waals surface area contributed by atoms with Crippen molar-refractivity contribution in [2.75, 3.05) is 110 Å². The molecular weight excluding hydrogens is 1640 g/mol.